The standard InChI is InChI=1S/C9H7BrN2O2/c1-12-4-5(10)8-7(12)3-2-6(11-8)9(13)14/h2-4H,1H3,(H,13,14). The molecule has 2 rings (SSSR count). The van der Waals surface area contributed by atoms with Crippen LogP contribution < -0.4 is 0 Å². The molecule has 2 aromatic heterocycles. The second-order valence-electron chi connectivity index (χ2n) is 2.96. The van der Waals surface area contributed by atoms with Crippen molar-refractivity contribution in [1.29, 1.82) is 0 Å². The van der Waals surface area contributed by atoms with Crippen molar-refractivity contribution in [3.8, 4) is 0 Å². The highest BCUT2D eigenvalue weighted by Gasteiger charge is 2.09. The Balaban J connectivity index is 2.77. The first-order valence-corrected chi connectivity index (χ1v) is 4.74. The Labute approximate surface area is 88.3 Å². The van der Waals surface area contributed by atoms with E-state index in [0.717, 1.165) is 9.99 Å². The number of aromatic carboxylic acids is 1. The van der Waals surface area contributed by atoms with Gasteiger partial charge >= 0.3 is 5.97 Å². The zero-order chi connectivity index (χ0) is 10.3. The first kappa shape index (κ1) is 9.21. The van der Waals surface area contributed by atoms with Crippen LogP contribution >= 0.6 is 15.9 Å². The van der Waals surface area contributed by atoms with Crippen LogP contribution in [0.2, 0.25) is 0 Å². The van der Waals surface area contributed by atoms with E-state index >= 15 is 0 Å². The molecule has 5 heteroatoms. The van der Waals surface area contributed by atoms with E-state index in [1.807, 2.05) is 17.8 Å². The van der Waals surface area contributed by atoms with Gasteiger partial charge in [0.2, 0.25) is 0 Å². The quantitative estimate of drug-likeness (QED) is 0.848. The summed E-state index contributed by atoms with van der Waals surface area (Å²) in [5.41, 5.74) is 1.64. The van der Waals surface area contributed by atoms with Crippen LogP contribution in [-0.2, 0) is 7.05 Å². The van der Waals surface area contributed by atoms with Gasteiger partial charge in [-0.3, -0.25) is 0 Å². The number of rotatable bonds is 1. The SMILES string of the molecule is Cn1cc(Br)c2nc(C(=O)O)ccc21. The lowest BCUT2D eigenvalue weighted by Gasteiger charge is -1.96. The molecule has 1 N–H and O–H groups in total. The Kier molecular flexibility index (Phi) is 2.03. The van der Waals surface area contributed by atoms with Gasteiger partial charge in [-0.15, -0.1) is 0 Å². The number of hydrogen-bond donors (Lipinski definition) is 1. The molecule has 0 atom stereocenters. The van der Waals surface area contributed by atoms with Crippen LogP contribution in [0.1, 0.15) is 10.5 Å². The number of aryl methyl sites for hydroxylation is 1. The van der Waals surface area contributed by atoms with Gasteiger partial charge in [-0.2, -0.15) is 0 Å². The lowest BCUT2D eigenvalue weighted by Crippen LogP contribution is -1.99. The van der Waals surface area contributed by atoms with Gasteiger partial charge in [-0.25, -0.2) is 9.78 Å². The largest absolute Gasteiger partial charge is 0.477 e. The van der Waals surface area contributed by atoms with Crippen LogP contribution in [0.15, 0.2) is 22.8 Å². The van der Waals surface area contributed by atoms with E-state index in [9.17, 15) is 4.79 Å². The third-order valence-electron chi connectivity index (χ3n) is 2.01. The summed E-state index contributed by atoms with van der Waals surface area (Å²) in [5, 5.41) is 8.76. The molecular weight excluding hydrogens is 248 g/mol. The average Bonchev–Trinajstić information content (AvgIpc) is 2.42. The summed E-state index contributed by atoms with van der Waals surface area (Å²) in [4.78, 5) is 14.7. The Bertz CT molecular complexity index is 519. The van der Waals surface area contributed by atoms with E-state index in [4.69, 9.17) is 5.11 Å². The Morgan fingerprint density at radius 2 is 2.29 bits per heavy atom. The minimum absolute atomic E-state index is 0.0596. The van der Waals surface area contributed by atoms with Crippen LogP contribution in [0.5, 0.6) is 0 Å². The van der Waals surface area contributed by atoms with Gasteiger partial charge in [0.15, 0.2) is 0 Å². The molecule has 2 aromatic rings. The van der Waals surface area contributed by atoms with Crippen molar-refractivity contribution in [3.05, 3.63) is 28.5 Å². The third kappa shape index (κ3) is 1.29. The lowest BCUT2D eigenvalue weighted by molar-refractivity contribution is 0.0691. The first-order chi connectivity index (χ1) is 6.59. The molecule has 0 fully saturated rings. The predicted octanol–water partition coefficient (Wildman–Crippen LogP) is 2.03. The Morgan fingerprint density at radius 1 is 1.57 bits per heavy atom. The van der Waals surface area contributed by atoms with E-state index in [1.54, 1.807) is 6.07 Å². The fraction of sp³-hybridized carbons (Fsp3) is 0.111. The van der Waals surface area contributed by atoms with Crippen LogP contribution in [0, 0.1) is 0 Å². The van der Waals surface area contributed by atoms with Crippen LogP contribution in [0.4, 0.5) is 0 Å². The average molecular weight is 255 g/mol. The molecule has 0 aliphatic heterocycles. The van der Waals surface area contributed by atoms with Crippen LogP contribution in [-0.4, -0.2) is 20.6 Å². The van der Waals surface area contributed by atoms with Gasteiger partial charge < -0.3 is 9.67 Å². The molecule has 0 amide bonds. The summed E-state index contributed by atoms with van der Waals surface area (Å²) in [6, 6.07) is 3.24. The second kappa shape index (κ2) is 3.09. The Morgan fingerprint density at radius 3 is 2.93 bits per heavy atom. The van der Waals surface area contributed by atoms with Crippen molar-refractivity contribution in [2.24, 2.45) is 7.05 Å². The van der Waals surface area contributed by atoms with Crippen molar-refractivity contribution in [2.45, 2.75) is 0 Å². The number of carboxylic acids is 1. The van der Waals surface area contributed by atoms with Gasteiger partial charge in [0.25, 0.3) is 0 Å². The van der Waals surface area contributed by atoms with Crippen molar-refractivity contribution < 1.29 is 9.90 Å². The summed E-state index contributed by atoms with van der Waals surface area (Å²) in [5.74, 6) is -1.01. The number of fused-ring (bicyclic) bond motifs is 1. The maximum atomic E-state index is 10.7. The van der Waals surface area contributed by atoms with Gasteiger partial charge in [0.05, 0.1) is 9.99 Å². The maximum absolute atomic E-state index is 10.7. The fourth-order valence-corrected chi connectivity index (χ4v) is 1.93. The molecule has 4 nitrogen and oxygen atoms in total. The number of nitrogens with zero attached hydrogens (tertiary/aromatic N) is 2. The molecule has 0 saturated heterocycles. The zero-order valence-corrected chi connectivity index (χ0v) is 8.95. The minimum Gasteiger partial charge on any atom is -0.477 e. The topological polar surface area (TPSA) is 55.1 Å². The minimum atomic E-state index is -1.01. The molecule has 0 aliphatic rings. The van der Waals surface area contributed by atoms with E-state index in [-0.39, 0.29) is 5.69 Å². The number of carbonyl (C=O) groups is 1. The Hall–Kier alpha value is -1.36. The molecule has 0 radical (unpaired) electrons. The van der Waals surface area contributed by atoms with Crippen LogP contribution in [0.25, 0.3) is 11.0 Å². The summed E-state index contributed by atoms with van der Waals surface area (Å²) in [7, 11) is 1.88. The molecule has 0 spiro atoms. The summed E-state index contributed by atoms with van der Waals surface area (Å²) in [6.45, 7) is 0. The maximum Gasteiger partial charge on any atom is 0.354 e. The van der Waals surface area contributed by atoms with Gasteiger partial charge in [-0.1, -0.05) is 0 Å². The molecule has 0 unspecified atom stereocenters. The first-order valence-electron chi connectivity index (χ1n) is 3.94. The highest BCUT2D eigenvalue weighted by molar-refractivity contribution is 9.10. The monoisotopic (exact) mass is 254 g/mol. The van der Waals surface area contributed by atoms with E-state index < -0.39 is 5.97 Å². The lowest BCUT2D eigenvalue weighted by atomic mass is 10.3. The van der Waals surface area contributed by atoms with E-state index in [2.05, 4.69) is 20.9 Å². The van der Waals surface area contributed by atoms with E-state index in [0.29, 0.717) is 5.52 Å². The van der Waals surface area contributed by atoms with Gasteiger partial charge in [0, 0.05) is 13.2 Å². The van der Waals surface area contributed by atoms with Gasteiger partial charge in [-0.05, 0) is 28.1 Å². The fourth-order valence-electron chi connectivity index (χ4n) is 1.33. The number of pyridine rings is 1. The molecule has 2 heterocycles. The van der Waals surface area contributed by atoms with Crippen molar-refractivity contribution >= 4 is 32.9 Å². The number of hydrogen-bond acceptors (Lipinski definition) is 2. The van der Waals surface area contributed by atoms with Crippen molar-refractivity contribution in [2.75, 3.05) is 0 Å². The highest BCUT2D eigenvalue weighted by Crippen LogP contribution is 2.23. The normalized spacial score (nSPS) is 10.7. The molecule has 72 valence electrons. The number of carboxylic acid groups (broad SMARTS) is 1. The van der Waals surface area contributed by atoms with Crippen molar-refractivity contribution in [1.82, 2.24) is 9.55 Å². The smallest absolute Gasteiger partial charge is 0.354 e. The number of aromatic nitrogens is 2. The molecule has 0 aromatic carbocycles. The third-order valence-corrected chi connectivity index (χ3v) is 2.59. The molecule has 14 heavy (non-hydrogen) atoms. The molecular formula is C9H7BrN2O2. The summed E-state index contributed by atoms with van der Waals surface area (Å²) >= 11 is 3.32. The highest BCUT2D eigenvalue weighted by atomic mass is 79.9. The van der Waals surface area contributed by atoms with E-state index in [1.165, 1.54) is 6.07 Å². The molecule has 0 bridgehead atoms. The molecule has 0 aliphatic carbocycles. The zero-order valence-electron chi connectivity index (χ0n) is 7.36. The van der Waals surface area contributed by atoms with Crippen LogP contribution in [0.3, 0.4) is 0 Å². The second-order valence-corrected chi connectivity index (χ2v) is 3.81. The molecule has 0 saturated carbocycles. The number of halogens is 1. The summed E-state index contributed by atoms with van der Waals surface area (Å²) < 4.78 is 2.69. The predicted molar refractivity (Wildman–Crippen MR) is 55.4 cm³/mol. The van der Waals surface area contributed by atoms with Crippen molar-refractivity contribution in [3.63, 3.8) is 0 Å². The summed E-state index contributed by atoms with van der Waals surface area (Å²) in [6.07, 6.45) is 1.85. The van der Waals surface area contributed by atoms with Gasteiger partial charge in [0.1, 0.15) is 11.2 Å².